The highest BCUT2D eigenvalue weighted by molar-refractivity contribution is 7.47. The average molecular weight is 781 g/mol. The third kappa shape index (κ3) is 39.6. The fraction of sp³-hybridized carbons (Fsp3) is 0.705. The van der Waals surface area contributed by atoms with Crippen molar-refractivity contribution in [3.8, 4) is 0 Å². The molecule has 54 heavy (non-hydrogen) atoms. The van der Waals surface area contributed by atoms with Gasteiger partial charge in [-0.3, -0.25) is 13.8 Å². The van der Waals surface area contributed by atoms with E-state index in [4.69, 9.17) is 23.6 Å². The van der Waals surface area contributed by atoms with Crippen LogP contribution in [0.1, 0.15) is 155 Å². The maximum atomic E-state index is 12.6. The Morgan fingerprint density at radius 2 is 1.06 bits per heavy atom. The first-order valence-electron chi connectivity index (χ1n) is 20.9. The summed E-state index contributed by atoms with van der Waals surface area (Å²) in [5.74, 6) is -0.428. The molecule has 0 radical (unpaired) electrons. The second-order valence-corrected chi connectivity index (χ2v) is 15.1. The molecule has 312 valence electrons. The van der Waals surface area contributed by atoms with Gasteiger partial charge in [0.2, 0.25) is 0 Å². The summed E-state index contributed by atoms with van der Waals surface area (Å²) in [4.78, 5) is 22.5. The van der Waals surface area contributed by atoms with Crippen molar-refractivity contribution in [2.75, 3.05) is 33.0 Å². The molecule has 0 rings (SSSR count). The first-order chi connectivity index (χ1) is 26.3. The molecule has 0 aromatic carbocycles. The number of unbranched alkanes of at least 4 members (excludes halogenated alkanes) is 13. The highest BCUT2D eigenvalue weighted by atomic mass is 31.2. The van der Waals surface area contributed by atoms with Crippen LogP contribution in [0.25, 0.3) is 0 Å². The van der Waals surface area contributed by atoms with Crippen LogP contribution in [0.15, 0.2) is 72.9 Å². The van der Waals surface area contributed by atoms with Crippen molar-refractivity contribution in [3.05, 3.63) is 72.9 Å². The van der Waals surface area contributed by atoms with Crippen molar-refractivity contribution >= 4 is 13.8 Å². The third-order valence-corrected chi connectivity index (χ3v) is 9.33. The molecule has 3 unspecified atom stereocenters. The summed E-state index contributed by atoms with van der Waals surface area (Å²) >= 11 is 0. The smallest absolute Gasteiger partial charge is 0.457 e. The molecule has 0 spiro atoms. The molecule has 0 amide bonds. The highest BCUT2D eigenvalue weighted by Gasteiger charge is 2.26. The first-order valence-corrected chi connectivity index (χ1v) is 22.4. The van der Waals surface area contributed by atoms with Crippen LogP contribution in [0.5, 0.6) is 0 Å². The molecular weight excluding hydrogens is 703 g/mol. The standard InChI is InChI=1S/C44H77O9P/c1-3-5-7-9-11-13-15-17-19-20-21-23-25-27-29-31-33-35-37-50-40-43(41-52-54(48,49)51-39-42(46)38-45)53-44(47)36-34-32-30-28-26-24-22-18-16-14-12-10-8-6-4-2/h6,8,11-14,17-19,22,26,28,42-43,45-46H,3-5,7,9-10,15-16,20-21,23-25,27,29-41H2,1-2H3,(H,48,49)/b8-6-,13-11-,14-12-,19-17-,22-18-,28-26-. The van der Waals surface area contributed by atoms with Gasteiger partial charge in [0.05, 0.1) is 26.4 Å². The molecule has 0 aliphatic carbocycles. The summed E-state index contributed by atoms with van der Waals surface area (Å²) in [6.07, 6.45) is 47.2. The second kappa shape index (κ2) is 40.6. The molecule has 0 aliphatic rings. The molecule has 3 atom stereocenters. The summed E-state index contributed by atoms with van der Waals surface area (Å²) in [6, 6.07) is 0. The summed E-state index contributed by atoms with van der Waals surface area (Å²) in [6.45, 7) is 3.29. The molecule has 0 bridgehead atoms. The van der Waals surface area contributed by atoms with Crippen molar-refractivity contribution in [3.63, 3.8) is 0 Å². The van der Waals surface area contributed by atoms with Crippen molar-refractivity contribution in [1.82, 2.24) is 0 Å². The number of carbonyl (C=O) groups excluding carboxylic acids is 1. The molecule has 0 aliphatic heterocycles. The van der Waals surface area contributed by atoms with Gasteiger partial charge in [-0.1, -0.05) is 138 Å². The minimum absolute atomic E-state index is 0.0245. The zero-order chi connectivity index (χ0) is 39.6. The number of hydrogen-bond donors (Lipinski definition) is 3. The fourth-order valence-electron chi connectivity index (χ4n) is 5.20. The van der Waals surface area contributed by atoms with E-state index in [-0.39, 0.29) is 13.0 Å². The number of allylic oxidation sites excluding steroid dienone is 12. The third-order valence-electron chi connectivity index (χ3n) is 8.38. The number of aliphatic hydroxyl groups is 2. The van der Waals surface area contributed by atoms with E-state index in [1.807, 2.05) is 0 Å². The second-order valence-electron chi connectivity index (χ2n) is 13.6. The molecule has 9 nitrogen and oxygen atoms in total. The molecule has 0 fully saturated rings. The predicted molar refractivity (Wildman–Crippen MR) is 223 cm³/mol. The van der Waals surface area contributed by atoms with Crippen LogP contribution in [0.3, 0.4) is 0 Å². The van der Waals surface area contributed by atoms with Crippen LogP contribution in [0.2, 0.25) is 0 Å². The van der Waals surface area contributed by atoms with Gasteiger partial charge in [0.25, 0.3) is 0 Å². The molecular formula is C44H77O9P. The van der Waals surface area contributed by atoms with Crippen LogP contribution < -0.4 is 0 Å². The Kier molecular flexibility index (Phi) is 39.0. The molecule has 0 aromatic rings. The Hall–Kier alpha value is -2.10. The quantitative estimate of drug-likeness (QED) is 0.0241. The highest BCUT2D eigenvalue weighted by Crippen LogP contribution is 2.43. The van der Waals surface area contributed by atoms with Crippen molar-refractivity contribution in [1.29, 1.82) is 0 Å². The normalized spacial score (nSPS) is 14.8. The Morgan fingerprint density at radius 1 is 0.593 bits per heavy atom. The monoisotopic (exact) mass is 781 g/mol. The van der Waals surface area contributed by atoms with E-state index in [9.17, 15) is 19.4 Å². The molecule has 0 saturated carbocycles. The molecule has 3 N–H and O–H groups in total. The maximum absolute atomic E-state index is 12.6. The van der Waals surface area contributed by atoms with Gasteiger partial charge in [-0.15, -0.1) is 0 Å². The largest absolute Gasteiger partial charge is 0.472 e. The van der Waals surface area contributed by atoms with Gasteiger partial charge in [-0.25, -0.2) is 4.57 Å². The van der Waals surface area contributed by atoms with Crippen LogP contribution in [-0.4, -0.2) is 66.3 Å². The number of esters is 1. The van der Waals surface area contributed by atoms with E-state index >= 15 is 0 Å². The molecule has 10 heteroatoms. The van der Waals surface area contributed by atoms with Gasteiger partial charge < -0.3 is 24.6 Å². The van der Waals surface area contributed by atoms with Gasteiger partial charge in [0, 0.05) is 13.0 Å². The van der Waals surface area contributed by atoms with Crippen molar-refractivity contribution in [2.45, 2.75) is 167 Å². The Labute approximate surface area is 329 Å². The van der Waals surface area contributed by atoms with Gasteiger partial charge in [0.15, 0.2) is 0 Å². The number of ether oxygens (including phenoxy) is 2. The predicted octanol–water partition coefficient (Wildman–Crippen LogP) is 11.4. The maximum Gasteiger partial charge on any atom is 0.472 e. The molecule has 0 heterocycles. The van der Waals surface area contributed by atoms with Crippen LogP contribution >= 0.6 is 7.82 Å². The Bertz CT molecular complexity index is 1070. The van der Waals surface area contributed by atoms with E-state index in [1.54, 1.807) is 0 Å². The van der Waals surface area contributed by atoms with Gasteiger partial charge in [-0.05, 0) is 83.5 Å². The minimum Gasteiger partial charge on any atom is -0.457 e. The topological polar surface area (TPSA) is 132 Å². The van der Waals surface area contributed by atoms with Gasteiger partial charge in [0.1, 0.15) is 12.2 Å². The number of aliphatic hydroxyl groups excluding tert-OH is 2. The lowest BCUT2D eigenvalue weighted by atomic mass is 10.1. The lowest BCUT2D eigenvalue weighted by molar-refractivity contribution is -0.154. The number of carbonyl (C=O) groups is 1. The minimum atomic E-state index is -4.53. The summed E-state index contributed by atoms with van der Waals surface area (Å²) in [5, 5.41) is 18.3. The van der Waals surface area contributed by atoms with Crippen molar-refractivity contribution < 1.29 is 43.0 Å². The van der Waals surface area contributed by atoms with E-state index in [0.29, 0.717) is 13.0 Å². The van der Waals surface area contributed by atoms with E-state index in [1.165, 1.54) is 57.8 Å². The Morgan fingerprint density at radius 3 is 1.59 bits per heavy atom. The van der Waals surface area contributed by atoms with E-state index in [0.717, 1.165) is 70.6 Å². The number of rotatable bonds is 39. The lowest BCUT2D eigenvalue weighted by Crippen LogP contribution is -2.29. The summed E-state index contributed by atoms with van der Waals surface area (Å²) in [5.41, 5.74) is 0. The van der Waals surface area contributed by atoms with E-state index in [2.05, 4.69) is 86.8 Å². The van der Waals surface area contributed by atoms with Crippen LogP contribution in [0, 0.1) is 0 Å². The number of phosphoric ester groups is 1. The van der Waals surface area contributed by atoms with Crippen LogP contribution in [0.4, 0.5) is 0 Å². The van der Waals surface area contributed by atoms with Gasteiger partial charge in [-0.2, -0.15) is 0 Å². The Balaban J connectivity index is 4.27. The van der Waals surface area contributed by atoms with Crippen molar-refractivity contribution in [2.24, 2.45) is 0 Å². The zero-order valence-electron chi connectivity index (χ0n) is 33.9. The zero-order valence-corrected chi connectivity index (χ0v) is 34.8. The van der Waals surface area contributed by atoms with Gasteiger partial charge >= 0.3 is 13.8 Å². The fourth-order valence-corrected chi connectivity index (χ4v) is 5.99. The van der Waals surface area contributed by atoms with Crippen LogP contribution in [-0.2, 0) is 27.9 Å². The summed E-state index contributed by atoms with van der Waals surface area (Å²) < 4.78 is 33.3. The number of hydrogen-bond acceptors (Lipinski definition) is 8. The summed E-state index contributed by atoms with van der Waals surface area (Å²) in [7, 11) is -4.53. The lowest BCUT2D eigenvalue weighted by Gasteiger charge is -2.20. The average Bonchev–Trinajstić information content (AvgIpc) is 3.16. The first kappa shape index (κ1) is 51.9. The molecule has 0 aromatic heterocycles. The van der Waals surface area contributed by atoms with E-state index < -0.39 is 45.8 Å². The molecule has 0 saturated heterocycles. The SMILES string of the molecule is CC/C=C\C/C=C\C/C=C\C/C=C\CCCCC(=O)OC(COCCCCCCCCCC/C=C\C/C=C\CCCCC)COP(=O)(O)OCC(O)CO. The number of phosphoric acid groups is 1.